The minimum atomic E-state index is -0.852. The molecule has 1 aliphatic rings. The van der Waals surface area contributed by atoms with E-state index in [4.69, 9.17) is 10.1 Å². The summed E-state index contributed by atoms with van der Waals surface area (Å²) in [4.78, 5) is 36.3. The standard InChI is InChI=1S/C21H21BrN4O3/c1-13(27)12-24-21-18(6-4-7-19(28)29)25-20(17-5-2-3-10-23-17)15-11-14(22)8-9-16(15)26-21/h2-3,5,8-11,18H,4,6-7,12H2,1H3,(H,24,26)(H,28,29)/t18-/m0/s1. The lowest BCUT2D eigenvalue weighted by molar-refractivity contribution is -0.137. The number of ketones is 1. The van der Waals surface area contributed by atoms with E-state index in [9.17, 15) is 9.59 Å². The first-order valence-electron chi connectivity index (χ1n) is 9.26. The molecular weight excluding hydrogens is 436 g/mol. The fraction of sp³-hybridized carbons (Fsp3) is 0.286. The summed E-state index contributed by atoms with van der Waals surface area (Å²) in [6.07, 6.45) is 2.68. The van der Waals surface area contributed by atoms with Crippen LogP contribution < -0.4 is 5.32 Å². The van der Waals surface area contributed by atoms with Gasteiger partial charge in [-0.2, -0.15) is 0 Å². The molecule has 1 atom stereocenters. The molecule has 0 amide bonds. The van der Waals surface area contributed by atoms with Crippen LogP contribution >= 0.6 is 15.9 Å². The van der Waals surface area contributed by atoms with Crippen LogP contribution in [0.2, 0.25) is 0 Å². The number of rotatable bonds is 7. The monoisotopic (exact) mass is 456 g/mol. The zero-order valence-corrected chi connectivity index (χ0v) is 17.5. The van der Waals surface area contributed by atoms with Crippen molar-refractivity contribution in [2.75, 3.05) is 11.9 Å². The number of benzodiazepines with no additional fused rings is 1. The molecule has 2 heterocycles. The van der Waals surface area contributed by atoms with Gasteiger partial charge in [0.05, 0.1) is 18.0 Å². The molecular formula is C21H21BrN4O3. The molecule has 0 bridgehead atoms. The number of hydrogen-bond acceptors (Lipinski definition) is 5. The molecule has 0 radical (unpaired) electrons. The van der Waals surface area contributed by atoms with Crippen molar-refractivity contribution in [3.05, 3.63) is 58.3 Å². The maximum absolute atomic E-state index is 11.5. The number of Topliss-reactive ketones (excluding diaryl/α,β-unsaturated/α-hetero) is 1. The number of aliphatic imine (C=N–C) groups is 2. The van der Waals surface area contributed by atoms with Crippen LogP contribution in [0.25, 0.3) is 0 Å². The molecule has 0 saturated heterocycles. The van der Waals surface area contributed by atoms with Crippen molar-refractivity contribution in [1.29, 1.82) is 0 Å². The van der Waals surface area contributed by atoms with Crippen LogP contribution in [0.3, 0.4) is 0 Å². The van der Waals surface area contributed by atoms with Crippen molar-refractivity contribution < 1.29 is 14.7 Å². The first-order chi connectivity index (χ1) is 13.9. The third-order valence-corrected chi connectivity index (χ3v) is 4.84. The van der Waals surface area contributed by atoms with E-state index < -0.39 is 12.0 Å². The molecule has 8 heteroatoms. The molecule has 0 saturated carbocycles. The van der Waals surface area contributed by atoms with E-state index in [0.29, 0.717) is 30.1 Å². The molecule has 1 aliphatic heterocycles. The van der Waals surface area contributed by atoms with Crippen LogP contribution in [-0.2, 0) is 9.59 Å². The summed E-state index contributed by atoms with van der Waals surface area (Å²) in [6.45, 7) is 1.52. The molecule has 0 aliphatic carbocycles. The van der Waals surface area contributed by atoms with Crippen LogP contribution in [0.1, 0.15) is 37.4 Å². The van der Waals surface area contributed by atoms with Gasteiger partial charge < -0.3 is 10.4 Å². The molecule has 2 aromatic rings. The van der Waals surface area contributed by atoms with Crippen LogP contribution in [0, 0.1) is 0 Å². The van der Waals surface area contributed by atoms with Gasteiger partial charge in [-0.25, -0.2) is 0 Å². The van der Waals surface area contributed by atoms with Gasteiger partial charge >= 0.3 is 5.97 Å². The first-order valence-corrected chi connectivity index (χ1v) is 10.0. The van der Waals surface area contributed by atoms with Crippen molar-refractivity contribution >= 4 is 44.9 Å². The summed E-state index contributed by atoms with van der Waals surface area (Å²) >= 11 is 3.51. The number of nitrogens with zero attached hydrogens (tertiary/aromatic N) is 3. The van der Waals surface area contributed by atoms with Gasteiger partial charge in [0.2, 0.25) is 0 Å². The van der Waals surface area contributed by atoms with Crippen LogP contribution in [0.15, 0.2) is 57.1 Å². The molecule has 0 fully saturated rings. The topological polar surface area (TPSA) is 104 Å². The highest BCUT2D eigenvalue weighted by Crippen LogP contribution is 2.28. The summed E-state index contributed by atoms with van der Waals surface area (Å²) in [5.74, 6) is -0.354. The second kappa shape index (κ2) is 9.56. The Hall–Kier alpha value is -2.87. The van der Waals surface area contributed by atoms with Gasteiger partial charge in [-0.15, -0.1) is 0 Å². The Morgan fingerprint density at radius 3 is 2.79 bits per heavy atom. The largest absolute Gasteiger partial charge is 0.481 e. The minimum absolute atomic E-state index is 0.0397. The van der Waals surface area contributed by atoms with E-state index >= 15 is 0 Å². The normalized spacial score (nSPS) is 17.1. The predicted octanol–water partition coefficient (Wildman–Crippen LogP) is 3.72. The number of carbonyl (C=O) groups excluding carboxylic acids is 1. The number of halogens is 1. The van der Waals surface area contributed by atoms with Crippen LogP contribution in [0.5, 0.6) is 0 Å². The number of anilines is 1. The number of fused-ring (bicyclic) bond motifs is 1. The predicted molar refractivity (Wildman–Crippen MR) is 116 cm³/mol. The van der Waals surface area contributed by atoms with Gasteiger partial charge in [0.1, 0.15) is 11.9 Å². The molecule has 1 aromatic heterocycles. The third kappa shape index (κ3) is 5.57. The van der Waals surface area contributed by atoms with Crippen molar-refractivity contribution in [3.63, 3.8) is 0 Å². The zero-order chi connectivity index (χ0) is 20.8. The Morgan fingerprint density at radius 2 is 2.10 bits per heavy atom. The smallest absolute Gasteiger partial charge is 0.303 e. The maximum Gasteiger partial charge on any atom is 0.303 e. The molecule has 0 unspecified atom stereocenters. The summed E-state index contributed by atoms with van der Waals surface area (Å²) in [5.41, 5.74) is 3.07. The number of benzene rings is 1. The average molecular weight is 457 g/mol. The number of hydrogen-bond donors (Lipinski definition) is 2. The van der Waals surface area contributed by atoms with Crippen molar-refractivity contribution in [2.24, 2.45) is 9.98 Å². The zero-order valence-electron chi connectivity index (χ0n) is 15.9. The van der Waals surface area contributed by atoms with E-state index in [0.717, 1.165) is 15.7 Å². The Kier molecular flexibility index (Phi) is 6.87. The summed E-state index contributed by atoms with van der Waals surface area (Å²) in [6, 6.07) is 11.0. The maximum atomic E-state index is 11.5. The van der Waals surface area contributed by atoms with Gasteiger partial charge in [0.25, 0.3) is 0 Å². The molecule has 150 valence electrons. The molecule has 2 N–H and O–H groups in total. The molecule has 3 rings (SSSR count). The average Bonchev–Trinajstić information content (AvgIpc) is 2.83. The molecule has 1 aromatic carbocycles. The van der Waals surface area contributed by atoms with Crippen molar-refractivity contribution in [3.8, 4) is 0 Å². The second-order valence-corrected chi connectivity index (χ2v) is 7.63. The van der Waals surface area contributed by atoms with E-state index in [1.54, 1.807) is 6.20 Å². The van der Waals surface area contributed by atoms with Gasteiger partial charge in [-0.1, -0.05) is 22.0 Å². The Balaban J connectivity index is 2.09. The summed E-state index contributed by atoms with van der Waals surface area (Å²) < 4.78 is 0.897. The number of carboxylic acids is 1. The van der Waals surface area contributed by atoms with Crippen LogP contribution in [0.4, 0.5) is 5.69 Å². The highest BCUT2D eigenvalue weighted by Gasteiger charge is 2.25. The Bertz CT molecular complexity index is 973. The van der Waals surface area contributed by atoms with Gasteiger partial charge in [-0.3, -0.25) is 24.6 Å². The van der Waals surface area contributed by atoms with Crippen LogP contribution in [-0.4, -0.2) is 46.0 Å². The summed E-state index contributed by atoms with van der Waals surface area (Å²) in [7, 11) is 0. The molecule has 7 nitrogen and oxygen atoms in total. The van der Waals surface area contributed by atoms with E-state index in [1.165, 1.54) is 6.92 Å². The second-order valence-electron chi connectivity index (χ2n) is 6.71. The highest BCUT2D eigenvalue weighted by molar-refractivity contribution is 9.10. The Morgan fingerprint density at radius 1 is 1.28 bits per heavy atom. The Labute approximate surface area is 177 Å². The lowest BCUT2D eigenvalue weighted by Gasteiger charge is -2.15. The van der Waals surface area contributed by atoms with E-state index in [-0.39, 0.29) is 18.7 Å². The lowest BCUT2D eigenvalue weighted by Crippen LogP contribution is -2.27. The highest BCUT2D eigenvalue weighted by atomic mass is 79.9. The summed E-state index contributed by atoms with van der Waals surface area (Å²) in [5, 5.41) is 12.3. The molecule has 0 spiro atoms. The van der Waals surface area contributed by atoms with Crippen molar-refractivity contribution in [1.82, 2.24) is 4.98 Å². The SMILES string of the molecule is CC(=O)CN=C1Nc2ccc(Br)cc2C(c2ccccn2)=N[C@H]1CCCC(=O)O. The van der Waals surface area contributed by atoms with Gasteiger partial charge in [0, 0.05) is 28.3 Å². The fourth-order valence-corrected chi connectivity index (χ4v) is 3.39. The number of pyridine rings is 1. The van der Waals surface area contributed by atoms with Gasteiger partial charge in [-0.05, 0) is 50.1 Å². The van der Waals surface area contributed by atoms with E-state index in [1.807, 2.05) is 36.4 Å². The quantitative estimate of drug-likeness (QED) is 0.660. The number of aromatic nitrogens is 1. The fourth-order valence-electron chi connectivity index (χ4n) is 3.03. The number of carbonyl (C=O) groups is 2. The van der Waals surface area contributed by atoms with Gasteiger partial charge in [0.15, 0.2) is 5.78 Å². The number of amidine groups is 1. The number of aliphatic carboxylic acids is 1. The molecule has 29 heavy (non-hydrogen) atoms. The first kappa shape index (κ1) is 20.9. The van der Waals surface area contributed by atoms with E-state index in [2.05, 4.69) is 31.2 Å². The number of nitrogens with one attached hydrogen (secondary N) is 1. The third-order valence-electron chi connectivity index (χ3n) is 4.35. The lowest BCUT2D eigenvalue weighted by atomic mass is 10.0. The minimum Gasteiger partial charge on any atom is -0.481 e. The van der Waals surface area contributed by atoms with Crippen molar-refractivity contribution in [2.45, 2.75) is 32.2 Å². The number of carboxylic acid groups (broad SMARTS) is 1.